The normalized spacial score (nSPS) is 18.2. The van der Waals surface area contributed by atoms with E-state index in [0.717, 1.165) is 10.2 Å². The number of amides is 1. The van der Waals surface area contributed by atoms with Crippen LogP contribution in [0.3, 0.4) is 0 Å². The highest BCUT2D eigenvalue weighted by atomic mass is 79.9. The van der Waals surface area contributed by atoms with Crippen molar-refractivity contribution in [3.05, 3.63) is 28.2 Å². The van der Waals surface area contributed by atoms with Gasteiger partial charge >= 0.3 is 5.97 Å². The van der Waals surface area contributed by atoms with E-state index in [1.54, 1.807) is 20.0 Å². The second-order valence-electron chi connectivity index (χ2n) is 3.79. The third-order valence-electron chi connectivity index (χ3n) is 2.76. The molecule has 1 aliphatic heterocycles. The van der Waals surface area contributed by atoms with E-state index in [4.69, 9.17) is 4.74 Å². The van der Waals surface area contributed by atoms with Crippen LogP contribution in [0.1, 0.15) is 18.4 Å². The first-order valence-corrected chi connectivity index (χ1v) is 6.09. The predicted molar refractivity (Wildman–Crippen MR) is 66.9 cm³/mol. The number of carbonyl (C=O) groups excluding carboxylic acids is 2. The van der Waals surface area contributed by atoms with Crippen molar-refractivity contribution in [2.75, 3.05) is 18.6 Å². The Labute approximate surface area is 108 Å². The Bertz CT molecular complexity index is 487. The number of benzene rings is 1. The van der Waals surface area contributed by atoms with Crippen LogP contribution in [0.4, 0.5) is 5.69 Å². The van der Waals surface area contributed by atoms with Gasteiger partial charge in [0.1, 0.15) is 0 Å². The van der Waals surface area contributed by atoms with E-state index in [9.17, 15) is 9.59 Å². The van der Waals surface area contributed by atoms with Crippen LogP contribution in [0.25, 0.3) is 0 Å². The monoisotopic (exact) mass is 297 g/mol. The maximum absolute atomic E-state index is 12.0. The van der Waals surface area contributed by atoms with Gasteiger partial charge in [-0.1, -0.05) is 15.9 Å². The Hall–Kier alpha value is -1.36. The molecule has 1 aromatic rings. The van der Waals surface area contributed by atoms with Crippen LogP contribution in [0.5, 0.6) is 0 Å². The molecule has 5 heteroatoms. The SMILES string of the molecule is CCOC(=O)C1C(=O)N(C)c2ccc(Br)cc21. The maximum Gasteiger partial charge on any atom is 0.323 e. The fourth-order valence-corrected chi connectivity index (χ4v) is 2.34. The van der Waals surface area contributed by atoms with Gasteiger partial charge in [0, 0.05) is 22.8 Å². The van der Waals surface area contributed by atoms with Crippen molar-refractivity contribution in [2.45, 2.75) is 12.8 Å². The van der Waals surface area contributed by atoms with Crippen molar-refractivity contribution in [2.24, 2.45) is 0 Å². The summed E-state index contributed by atoms with van der Waals surface area (Å²) >= 11 is 3.34. The Kier molecular flexibility index (Phi) is 3.19. The van der Waals surface area contributed by atoms with Crippen molar-refractivity contribution < 1.29 is 14.3 Å². The highest BCUT2D eigenvalue weighted by Gasteiger charge is 2.41. The van der Waals surface area contributed by atoms with E-state index >= 15 is 0 Å². The molecule has 90 valence electrons. The van der Waals surface area contributed by atoms with Gasteiger partial charge in [-0.15, -0.1) is 0 Å². The zero-order valence-corrected chi connectivity index (χ0v) is 11.2. The molecule has 0 spiro atoms. The Morgan fingerprint density at radius 2 is 2.24 bits per heavy atom. The number of carbonyl (C=O) groups is 2. The highest BCUT2D eigenvalue weighted by Crippen LogP contribution is 2.38. The molecule has 0 aromatic heterocycles. The first kappa shape index (κ1) is 12.1. The minimum Gasteiger partial charge on any atom is -0.465 e. The number of fused-ring (bicyclic) bond motifs is 1. The van der Waals surface area contributed by atoms with Crippen molar-refractivity contribution >= 4 is 33.5 Å². The molecule has 2 rings (SSSR count). The molecule has 0 fully saturated rings. The van der Waals surface area contributed by atoms with E-state index in [1.807, 2.05) is 12.1 Å². The third kappa shape index (κ3) is 1.95. The van der Waals surface area contributed by atoms with Crippen LogP contribution < -0.4 is 4.90 Å². The molecule has 4 nitrogen and oxygen atoms in total. The van der Waals surface area contributed by atoms with E-state index in [2.05, 4.69) is 15.9 Å². The predicted octanol–water partition coefficient (Wildman–Crippen LogP) is 2.07. The smallest absolute Gasteiger partial charge is 0.323 e. The topological polar surface area (TPSA) is 46.6 Å². The number of likely N-dealkylation sites (N-methyl/N-ethyl adjacent to an activating group) is 1. The summed E-state index contributed by atoms with van der Waals surface area (Å²) in [6.45, 7) is 2.00. The fourth-order valence-electron chi connectivity index (χ4n) is 1.96. The molecule has 1 atom stereocenters. The number of rotatable bonds is 2. The summed E-state index contributed by atoms with van der Waals surface area (Å²) in [7, 11) is 1.66. The molecule has 0 bridgehead atoms. The van der Waals surface area contributed by atoms with Gasteiger partial charge in [-0.25, -0.2) is 0 Å². The van der Waals surface area contributed by atoms with E-state index in [0.29, 0.717) is 5.56 Å². The first-order chi connectivity index (χ1) is 8.06. The zero-order valence-electron chi connectivity index (χ0n) is 9.57. The molecule has 1 aliphatic rings. The minimum atomic E-state index is -0.826. The summed E-state index contributed by atoms with van der Waals surface area (Å²) in [6, 6.07) is 5.45. The summed E-state index contributed by atoms with van der Waals surface area (Å²) in [6.07, 6.45) is 0. The molecule has 0 saturated carbocycles. The lowest BCUT2D eigenvalue weighted by Gasteiger charge is -2.10. The quantitative estimate of drug-likeness (QED) is 0.620. The molecule has 0 N–H and O–H groups in total. The lowest BCUT2D eigenvalue weighted by molar-refractivity contribution is -0.147. The second kappa shape index (κ2) is 4.49. The molecule has 1 amide bonds. The number of nitrogens with zero attached hydrogens (tertiary/aromatic N) is 1. The molecular formula is C12H12BrNO3. The van der Waals surface area contributed by atoms with Crippen LogP contribution in [0, 0.1) is 0 Å². The highest BCUT2D eigenvalue weighted by molar-refractivity contribution is 9.10. The number of hydrogen-bond acceptors (Lipinski definition) is 3. The summed E-state index contributed by atoms with van der Waals surface area (Å²) < 4.78 is 5.78. The van der Waals surface area contributed by atoms with Crippen LogP contribution in [0.15, 0.2) is 22.7 Å². The molecule has 0 saturated heterocycles. The standard InChI is InChI=1S/C12H12BrNO3/c1-3-17-12(16)10-8-6-7(13)4-5-9(8)14(2)11(10)15/h4-6,10H,3H2,1-2H3. The number of hydrogen-bond donors (Lipinski definition) is 0. The van der Waals surface area contributed by atoms with Gasteiger partial charge in [-0.2, -0.15) is 0 Å². The van der Waals surface area contributed by atoms with Gasteiger partial charge in [0.05, 0.1) is 6.61 Å². The number of esters is 1. The lowest BCUT2D eigenvalue weighted by atomic mass is 10.0. The van der Waals surface area contributed by atoms with E-state index in [1.165, 1.54) is 4.90 Å². The van der Waals surface area contributed by atoms with Gasteiger partial charge in [0.15, 0.2) is 5.92 Å². The summed E-state index contributed by atoms with van der Waals surface area (Å²) in [5, 5.41) is 0. The maximum atomic E-state index is 12.0. The fraction of sp³-hybridized carbons (Fsp3) is 0.333. The third-order valence-corrected chi connectivity index (χ3v) is 3.26. The zero-order chi connectivity index (χ0) is 12.6. The molecule has 1 heterocycles. The number of halogens is 1. The minimum absolute atomic E-state index is 0.239. The summed E-state index contributed by atoms with van der Waals surface area (Å²) in [5.41, 5.74) is 1.46. The molecular weight excluding hydrogens is 286 g/mol. The molecule has 17 heavy (non-hydrogen) atoms. The van der Waals surface area contributed by atoms with Crippen molar-refractivity contribution in [3.8, 4) is 0 Å². The van der Waals surface area contributed by atoms with Gasteiger partial charge in [-0.3, -0.25) is 9.59 Å². The Morgan fingerprint density at radius 1 is 1.53 bits per heavy atom. The van der Waals surface area contributed by atoms with Crippen LogP contribution in [0.2, 0.25) is 0 Å². The lowest BCUT2D eigenvalue weighted by Crippen LogP contribution is -2.29. The Balaban J connectivity index is 2.46. The van der Waals surface area contributed by atoms with E-state index < -0.39 is 11.9 Å². The molecule has 1 unspecified atom stereocenters. The van der Waals surface area contributed by atoms with Crippen LogP contribution >= 0.6 is 15.9 Å². The largest absolute Gasteiger partial charge is 0.465 e. The molecule has 1 aromatic carbocycles. The summed E-state index contributed by atoms with van der Waals surface area (Å²) in [4.78, 5) is 25.3. The number of ether oxygens (including phenoxy) is 1. The van der Waals surface area contributed by atoms with Crippen molar-refractivity contribution in [1.29, 1.82) is 0 Å². The van der Waals surface area contributed by atoms with Gasteiger partial charge in [0.2, 0.25) is 5.91 Å². The van der Waals surface area contributed by atoms with Gasteiger partial charge in [-0.05, 0) is 25.1 Å². The van der Waals surface area contributed by atoms with Crippen LogP contribution in [-0.4, -0.2) is 25.5 Å². The van der Waals surface area contributed by atoms with Gasteiger partial charge in [0.25, 0.3) is 0 Å². The van der Waals surface area contributed by atoms with Gasteiger partial charge < -0.3 is 9.64 Å². The Morgan fingerprint density at radius 3 is 2.88 bits per heavy atom. The first-order valence-electron chi connectivity index (χ1n) is 5.30. The average Bonchev–Trinajstić information content (AvgIpc) is 2.51. The molecule has 0 aliphatic carbocycles. The second-order valence-corrected chi connectivity index (χ2v) is 4.70. The number of anilines is 1. The van der Waals surface area contributed by atoms with E-state index in [-0.39, 0.29) is 12.5 Å². The van der Waals surface area contributed by atoms with Crippen LogP contribution in [-0.2, 0) is 14.3 Å². The van der Waals surface area contributed by atoms with Crippen molar-refractivity contribution in [3.63, 3.8) is 0 Å². The van der Waals surface area contributed by atoms with Crippen molar-refractivity contribution in [1.82, 2.24) is 0 Å². The average molecular weight is 298 g/mol. The molecule has 0 radical (unpaired) electrons. The summed E-state index contributed by atoms with van der Waals surface area (Å²) in [5.74, 6) is -1.55.